The van der Waals surface area contributed by atoms with Gasteiger partial charge in [-0.15, -0.1) is 11.3 Å². The summed E-state index contributed by atoms with van der Waals surface area (Å²) < 4.78 is 22.2. The van der Waals surface area contributed by atoms with Crippen LogP contribution >= 0.6 is 11.3 Å². The van der Waals surface area contributed by atoms with Crippen molar-refractivity contribution in [1.82, 2.24) is 15.2 Å². The molecular weight excluding hydrogens is 282 g/mol. The fourth-order valence-corrected chi connectivity index (χ4v) is 2.85. The molecular formula is C12H23N3O2S2. The van der Waals surface area contributed by atoms with Gasteiger partial charge in [0.25, 0.3) is 0 Å². The van der Waals surface area contributed by atoms with Gasteiger partial charge in [-0.05, 0) is 7.05 Å². The molecule has 0 aliphatic heterocycles. The number of hydrogen-bond acceptors (Lipinski definition) is 6. The van der Waals surface area contributed by atoms with E-state index in [-0.39, 0.29) is 5.75 Å². The standard InChI is InChI=1S/C12H23N3O2S2/c1-10(2)13-7-12-14-11(9-18-12)8-15(3)5-6-19(4,16)17/h9-10,13H,5-8H2,1-4H3. The van der Waals surface area contributed by atoms with Crippen molar-refractivity contribution >= 4 is 21.2 Å². The molecule has 0 aliphatic carbocycles. The topological polar surface area (TPSA) is 62.3 Å². The van der Waals surface area contributed by atoms with E-state index >= 15 is 0 Å². The number of nitrogens with zero attached hydrogens (tertiary/aromatic N) is 2. The maximum atomic E-state index is 11.1. The first-order chi connectivity index (χ1) is 8.76. The van der Waals surface area contributed by atoms with Gasteiger partial charge in [-0.3, -0.25) is 4.90 Å². The van der Waals surface area contributed by atoms with Gasteiger partial charge in [-0.2, -0.15) is 0 Å². The smallest absolute Gasteiger partial charge is 0.148 e. The Hall–Kier alpha value is -0.500. The van der Waals surface area contributed by atoms with E-state index in [0.717, 1.165) is 17.2 Å². The first-order valence-electron chi connectivity index (χ1n) is 6.29. The summed E-state index contributed by atoms with van der Waals surface area (Å²) >= 11 is 1.64. The van der Waals surface area contributed by atoms with E-state index in [9.17, 15) is 8.42 Å². The number of hydrogen-bond donors (Lipinski definition) is 1. The molecule has 0 saturated carbocycles. The maximum Gasteiger partial charge on any atom is 0.148 e. The second-order valence-electron chi connectivity index (χ2n) is 5.14. The Balaban J connectivity index is 2.40. The number of rotatable bonds is 8. The second-order valence-corrected chi connectivity index (χ2v) is 8.34. The Bertz CT molecular complexity index is 483. The van der Waals surface area contributed by atoms with Crippen LogP contribution in [0.3, 0.4) is 0 Å². The highest BCUT2D eigenvalue weighted by Gasteiger charge is 2.08. The van der Waals surface area contributed by atoms with Gasteiger partial charge in [-0.1, -0.05) is 13.8 Å². The van der Waals surface area contributed by atoms with Crippen molar-refractivity contribution in [2.24, 2.45) is 0 Å². The molecule has 1 N–H and O–H groups in total. The van der Waals surface area contributed by atoms with Crippen molar-refractivity contribution in [3.63, 3.8) is 0 Å². The fraction of sp³-hybridized carbons (Fsp3) is 0.750. The average Bonchev–Trinajstić information content (AvgIpc) is 2.70. The van der Waals surface area contributed by atoms with Crippen molar-refractivity contribution < 1.29 is 8.42 Å². The average molecular weight is 305 g/mol. The molecule has 7 heteroatoms. The van der Waals surface area contributed by atoms with Crippen LogP contribution in [0.15, 0.2) is 5.38 Å². The summed E-state index contributed by atoms with van der Waals surface area (Å²) in [5.74, 6) is 0.190. The predicted octanol–water partition coefficient (Wildman–Crippen LogP) is 1.12. The fourth-order valence-electron chi connectivity index (χ4n) is 1.47. The van der Waals surface area contributed by atoms with Crippen LogP contribution in [0.5, 0.6) is 0 Å². The Morgan fingerprint density at radius 1 is 1.47 bits per heavy atom. The van der Waals surface area contributed by atoms with Crippen molar-refractivity contribution in [3.05, 3.63) is 16.1 Å². The normalized spacial score (nSPS) is 12.5. The van der Waals surface area contributed by atoms with Gasteiger partial charge < -0.3 is 5.32 Å². The molecule has 5 nitrogen and oxygen atoms in total. The highest BCUT2D eigenvalue weighted by atomic mass is 32.2. The van der Waals surface area contributed by atoms with Gasteiger partial charge in [0.1, 0.15) is 14.8 Å². The molecule has 0 amide bonds. The first-order valence-corrected chi connectivity index (χ1v) is 9.23. The van der Waals surface area contributed by atoms with Crippen LogP contribution in [-0.2, 0) is 22.9 Å². The summed E-state index contributed by atoms with van der Waals surface area (Å²) in [5.41, 5.74) is 1.00. The first kappa shape index (κ1) is 16.6. The molecule has 0 fully saturated rings. The number of sulfone groups is 1. The highest BCUT2D eigenvalue weighted by molar-refractivity contribution is 7.90. The van der Waals surface area contributed by atoms with Crippen molar-refractivity contribution in [2.75, 3.05) is 25.6 Å². The molecule has 0 aliphatic rings. The zero-order valence-corrected chi connectivity index (χ0v) is 13.6. The molecule has 110 valence electrons. The largest absolute Gasteiger partial charge is 0.308 e. The zero-order chi connectivity index (χ0) is 14.5. The third-order valence-corrected chi connectivity index (χ3v) is 4.36. The maximum absolute atomic E-state index is 11.1. The van der Waals surface area contributed by atoms with Gasteiger partial charge in [0.2, 0.25) is 0 Å². The van der Waals surface area contributed by atoms with Crippen LogP contribution in [0, 0.1) is 0 Å². The number of thiazole rings is 1. The van der Waals surface area contributed by atoms with Crippen LogP contribution in [0.1, 0.15) is 24.5 Å². The van der Waals surface area contributed by atoms with Crippen LogP contribution < -0.4 is 5.32 Å². The molecule has 0 unspecified atom stereocenters. The van der Waals surface area contributed by atoms with E-state index in [2.05, 4.69) is 24.1 Å². The van der Waals surface area contributed by atoms with E-state index in [1.165, 1.54) is 6.26 Å². The van der Waals surface area contributed by atoms with Crippen molar-refractivity contribution in [2.45, 2.75) is 33.0 Å². The number of aromatic nitrogens is 1. The predicted molar refractivity (Wildman–Crippen MR) is 80.1 cm³/mol. The SMILES string of the molecule is CC(C)NCc1nc(CN(C)CCS(C)(=O)=O)cs1. The van der Waals surface area contributed by atoms with Gasteiger partial charge in [0, 0.05) is 37.3 Å². The zero-order valence-electron chi connectivity index (χ0n) is 12.0. The number of nitrogens with one attached hydrogen (secondary N) is 1. The van der Waals surface area contributed by atoms with Crippen molar-refractivity contribution in [1.29, 1.82) is 0 Å². The van der Waals surface area contributed by atoms with E-state index in [4.69, 9.17) is 0 Å². The summed E-state index contributed by atoms with van der Waals surface area (Å²) in [6.45, 7) is 6.22. The molecule has 1 rings (SSSR count). The molecule has 0 radical (unpaired) electrons. The molecule has 0 saturated heterocycles. The lowest BCUT2D eigenvalue weighted by Gasteiger charge is -2.14. The highest BCUT2D eigenvalue weighted by Crippen LogP contribution is 2.11. The van der Waals surface area contributed by atoms with Crippen LogP contribution in [0.4, 0.5) is 0 Å². The van der Waals surface area contributed by atoms with Gasteiger partial charge in [0.05, 0.1) is 11.4 Å². The summed E-state index contributed by atoms with van der Waals surface area (Å²) in [6.07, 6.45) is 1.26. The lowest BCUT2D eigenvalue weighted by molar-refractivity contribution is 0.342. The van der Waals surface area contributed by atoms with Crippen LogP contribution in [0.2, 0.25) is 0 Å². The summed E-state index contributed by atoms with van der Waals surface area (Å²) in [4.78, 5) is 6.51. The second kappa shape index (κ2) is 7.33. The van der Waals surface area contributed by atoms with Crippen LogP contribution in [0.25, 0.3) is 0 Å². The van der Waals surface area contributed by atoms with Gasteiger partial charge in [-0.25, -0.2) is 13.4 Å². The Morgan fingerprint density at radius 2 is 2.16 bits per heavy atom. The van der Waals surface area contributed by atoms with Gasteiger partial charge in [0.15, 0.2) is 0 Å². The minimum Gasteiger partial charge on any atom is -0.308 e. The lowest BCUT2D eigenvalue weighted by atomic mass is 10.4. The molecule has 1 aromatic rings. The third-order valence-electron chi connectivity index (χ3n) is 2.54. The van der Waals surface area contributed by atoms with Crippen molar-refractivity contribution in [3.8, 4) is 0 Å². The third kappa shape index (κ3) is 7.61. The lowest BCUT2D eigenvalue weighted by Crippen LogP contribution is -2.25. The molecule has 0 spiro atoms. The molecule has 0 bridgehead atoms. The Labute approximate surface area is 120 Å². The molecule has 0 atom stereocenters. The minimum atomic E-state index is -2.89. The van der Waals surface area contributed by atoms with Gasteiger partial charge >= 0.3 is 0 Å². The molecule has 19 heavy (non-hydrogen) atoms. The minimum absolute atomic E-state index is 0.190. The molecule has 1 aromatic heterocycles. The van der Waals surface area contributed by atoms with E-state index in [1.54, 1.807) is 11.3 Å². The quantitative estimate of drug-likeness (QED) is 0.780. The summed E-state index contributed by atoms with van der Waals surface area (Å²) in [6, 6.07) is 0.449. The Morgan fingerprint density at radius 3 is 2.74 bits per heavy atom. The van der Waals surface area contributed by atoms with E-state index in [1.807, 2.05) is 17.3 Å². The summed E-state index contributed by atoms with van der Waals surface area (Å²) in [7, 11) is -0.981. The summed E-state index contributed by atoms with van der Waals surface area (Å²) in [5, 5.41) is 6.43. The Kier molecular flexibility index (Phi) is 6.38. The monoisotopic (exact) mass is 305 g/mol. The molecule has 1 heterocycles. The van der Waals surface area contributed by atoms with E-state index in [0.29, 0.717) is 19.1 Å². The van der Waals surface area contributed by atoms with Crippen LogP contribution in [-0.4, -0.2) is 49.9 Å². The van der Waals surface area contributed by atoms with E-state index < -0.39 is 9.84 Å². The molecule has 0 aromatic carbocycles.